The van der Waals surface area contributed by atoms with Crippen molar-refractivity contribution in [2.24, 2.45) is 0 Å². The number of nitrogens with one attached hydrogen (secondary N) is 1. The first-order valence-electron chi connectivity index (χ1n) is 7.75. The van der Waals surface area contributed by atoms with Crippen LogP contribution in [0.5, 0.6) is 0 Å². The van der Waals surface area contributed by atoms with Crippen molar-refractivity contribution < 1.29 is 14.0 Å². The standard InChI is InChI=1S/C16H22N2O3/c1-12(10-13-6-5-9-21-13)18-11-14(19)17-16(15(18)20)7-3-2-4-8-16/h5-6,9,12H,2-4,7-8,10-11H2,1H3,(H,17,19). The van der Waals surface area contributed by atoms with E-state index in [4.69, 9.17) is 4.42 Å². The molecule has 1 N–H and O–H groups in total. The Morgan fingerprint density at radius 2 is 2.10 bits per heavy atom. The third-order valence-corrected chi connectivity index (χ3v) is 4.68. The molecular formula is C16H22N2O3. The zero-order chi connectivity index (χ0) is 14.9. The van der Waals surface area contributed by atoms with E-state index in [1.165, 1.54) is 0 Å². The second kappa shape index (κ2) is 5.54. The quantitative estimate of drug-likeness (QED) is 0.924. The summed E-state index contributed by atoms with van der Waals surface area (Å²) in [5.74, 6) is 0.891. The molecule has 1 aromatic heterocycles. The van der Waals surface area contributed by atoms with Gasteiger partial charge >= 0.3 is 0 Å². The summed E-state index contributed by atoms with van der Waals surface area (Å²) in [6.45, 7) is 2.14. The molecule has 1 saturated heterocycles. The number of piperazine rings is 1. The number of carbonyl (C=O) groups is 2. The van der Waals surface area contributed by atoms with Crippen molar-refractivity contribution in [2.75, 3.05) is 6.54 Å². The first-order chi connectivity index (χ1) is 10.1. The van der Waals surface area contributed by atoms with E-state index in [9.17, 15) is 9.59 Å². The van der Waals surface area contributed by atoms with E-state index in [1.54, 1.807) is 11.2 Å². The van der Waals surface area contributed by atoms with Crippen molar-refractivity contribution in [1.82, 2.24) is 10.2 Å². The lowest BCUT2D eigenvalue weighted by Gasteiger charge is -2.46. The van der Waals surface area contributed by atoms with E-state index < -0.39 is 5.54 Å². The highest BCUT2D eigenvalue weighted by atomic mass is 16.3. The van der Waals surface area contributed by atoms with E-state index in [-0.39, 0.29) is 24.4 Å². The Labute approximate surface area is 124 Å². The van der Waals surface area contributed by atoms with Gasteiger partial charge < -0.3 is 14.6 Å². The summed E-state index contributed by atoms with van der Waals surface area (Å²) in [6, 6.07) is 3.71. The van der Waals surface area contributed by atoms with E-state index in [0.29, 0.717) is 6.42 Å². The van der Waals surface area contributed by atoms with Gasteiger partial charge in [0.15, 0.2) is 0 Å². The lowest BCUT2D eigenvalue weighted by molar-refractivity contribution is -0.153. The molecular weight excluding hydrogens is 268 g/mol. The van der Waals surface area contributed by atoms with Crippen LogP contribution in [0.25, 0.3) is 0 Å². The maximum absolute atomic E-state index is 12.9. The number of nitrogens with zero attached hydrogens (tertiary/aromatic N) is 1. The Balaban J connectivity index is 1.77. The molecule has 2 amide bonds. The number of carbonyl (C=O) groups excluding carboxylic acids is 2. The van der Waals surface area contributed by atoms with Crippen LogP contribution in [0, 0.1) is 0 Å². The SMILES string of the molecule is CC(Cc1ccco1)N1CC(=O)NC2(CCCCC2)C1=O. The van der Waals surface area contributed by atoms with Crippen molar-refractivity contribution in [1.29, 1.82) is 0 Å². The summed E-state index contributed by atoms with van der Waals surface area (Å²) in [7, 11) is 0. The van der Waals surface area contributed by atoms with Crippen molar-refractivity contribution in [3.05, 3.63) is 24.2 Å². The molecule has 3 rings (SSSR count). The van der Waals surface area contributed by atoms with E-state index >= 15 is 0 Å². The van der Waals surface area contributed by atoms with Crippen LogP contribution in [-0.2, 0) is 16.0 Å². The van der Waals surface area contributed by atoms with Gasteiger partial charge in [-0.3, -0.25) is 9.59 Å². The minimum Gasteiger partial charge on any atom is -0.469 e. The molecule has 114 valence electrons. The van der Waals surface area contributed by atoms with Crippen molar-refractivity contribution in [3.63, 3.8) is 0 Å². The van der Waals surface area contributed by atoms with Gasteiger partial charge in [0.25, 0.3) is 0 Å². The summed E-state index contributed by atoms with van der Waals surface area (Å²) in [5.41, 5.74) is -0.648. The zero-order valence-electron chi connectivity index (χ0n) is 12.4. The topological polar surface area (TPSA) is 62.6 Å². The van der Waals surface area contributed by atoms with Gasteiger partial charge in [-0.15, -0.1) is 0 Å². The van der Waals surface area contributed by atoms with Gasteiger partial charge in [0.2, 0.25) is 11.8 Å². The predicted octanol–water partition coefficient (Wildman–Crippen LogP) is 1.87. The van der Waals surface area contributed by atoms with Crippen LogP contribution >= 0.6 is 0 Å². The molecule has 5 heteroatoms. The molecule has 0 bridgehead atoms. The van der Waals surface area contributed by atoms with Gasteiger partial charge in [0.1, 0.15) is 11.3 Å². The molecule has 1 aliphatic heterocycles. The Kier molecular flexibility index (Phi) is 3.74. The largest absolute Gasteiger partial charge is 0.469 e. The third kappa shape index (κ3) is 2.69. The fourth-order valence-corrected chi connectivity index (χ4v) is 3.54. The van der Waals surface area contributed by atoms with Gasteiger partial charge in [0.05, 0.1) is 12.8 Å². The van der Waals surface area contributed by atoms with E-state index in [1.807, 2.05) is 19.1 Å². The third-order valence-electron chi connectivity index (χ3n) is 4.68. The highest BCUT2D eigenvalue weighted by Gasteiger charge is 2.48. The minimum absolute atomic E-state index is 0.0338. The van der Waals surface area contributed by atoms with Crippen LogP contribution < -0.4 is 5.32 Å². The van der Waals surface area contributed by atoms with Crippen LogP contribution in [-0.4, -0.2) is 34.8 Å². The zero-order valence-corrected chi connectivity index (χ0v) is 12.4. The Hall–Kier alpha value is -1.78. The molecule has 1 unspecified atom stereocenters. The molecule has 0 radical (unpaired) electrons. The monoisotopic (exact) mass is 290 g/mol. The highest BCUT2D eigenvalue weighted by molar-refractivity contribution is 5.98. The van der Waals surface area contributed by atoms with Crippen LogP contribution in [0.15, 0.2) is 22.8 Å². The number of furan rings is 1. The molecule has 2 fully saturated rings. The van der Waals surface area contributed by atoms with Crippen LogP contribution in [0.1, 0.15) is 44.8 Å². The number of rotatable bonds is 3. The minimum atomic E-state index is -0.648. The molecule has 1 spiro atoms. The van der Waals surface area contributed by atoms with Crippen molar-refractivity contribution in [2.45, 2.75) is 57.0 Å². The fourth-order valence-electron chi connectivity index (χ4n) is 3.54. The van der Waals surface area contributed by atoms with Gasteiger partial charge in [-0.2, -0.15) is 0 Å². The van der Waals surface area contributed by atoms with Gasteiger partial charge in [0, 0.05) is 12.5 Å². The van der Waals surface area contributed by atoms with Gasteiger partial charge in [-0.1, -0.05) is 19.3 Å². The second-order valence-corrected chi connectivity index (χ2v) is 6.26. The maximum atomic E-state index is 12.9. The summed E-state index contributed by atoms with van der Waals surface area (Å²) in [5, 5.41) is 2.97. The molecule has 2 aliphatic rings. The van der Waals surface area contributed by atoms with Crippen molar-refractivity contribution in [3.8, 4) is 0 Å². The lowest BCUT2D eigenvalue weighted by atomic mass is 9.79. The van der Waals surface area contributed by atoms with Gasteiger partial charge in [-0.25, -0.2) is 0 Å². The maximum Gasteiger partial charge on any atom is 0.249 e. The molecule has 1 aliphatic carbocycles. The van der Waals surface area contributed by atoms with Crippen LogP contribution in [0.4, 0.5) is 0 Å². The molecule has 1 atom stereocenters. The number of hydrogen-bond acceptors (Lipinski definition) is 3. The molecule has 0 aromatic carbocycles. The second-order valence-electron chi connectivity index (χ2n) is 6.26. The summed E-state index contributed by atoms with van der Waals surface area (Å²) in [4.78, 5) is 26.7. The summed E-state index contributed by atoms with van der Waals surface area (Å²) < 4.78 is 5.36. The summed E-state index contributed by atoms with van der Waals surface area (Å²) in [6.07, 6.45) is 6.96. The summed E-state index contributed by atoms with van der Waals surface area (Å²) >= 11 is 0. The Bertz CT molecular complexity index is 518. The number of hydrogen-bond donors (Lipinski definition) is 1. The smallest absolute Gasteiger partial charge is 0.249 e. The first kappa shape index (κ1) is 14.2. The van der Waals surface area contributed by atoms with Gasteiger partial charge in [-0.05, 0) is 31.9 Å². The molecule has 2 heterocycles. The van der Waals surface area contributed by atoms with Crippen LogP contribution in [0.2, 0.25) is 0 Å². The molecule has 5 nitrogen and oxygen atoms in total. The number of amides is 2. The Morgan fingerprint density at radius 1 is 1.33 bits per heavy atom. The lowest BCUT2D eigenvalue weighted by Crippen LogP contribution is -2.68. The normalized spacial score (nSPS) is 23.2. The average molecular weight is 290 g/mol. The molecule has 1 aromatic rings. The predicted molar refractivity (Wildman–Crippen MR) is 77.5 cm³/mol. The average Bonchev–Trinajstić information content (AvgIpc) is 2.96. The Morgan fingerprint density at radius 3 is 2.76 bits per heavy atom. The fraction of sp³-hybridized carbons (Fsp3) is 0.625. The van der Waals surface area contributed by atoms with E-state index in [2.05, 4.69) is 5.32 Å². The van der Waals surface area contributed by atoms with E-state index in [0.717, 1.165) is 37.9 Å². The highest BCUT2D eigenvalue weighted by Crippen LogP contribution is 2.32. The molecule has 21 heavy (non-hydrogen) atoms. The molecule has 1 saturated carbocycles. The first-order valence-corrected chi connectivity index (χ1v) is 7.75. The van der Waals surface area contributed by atoms with Crippen LogP contribution in [0.3, 0.4) is 0 Å². The van der Waals surface area contributed by atoms with Crippen molar-refractivity contribution >= 4 is 11.8 Å².